The Bertz CT molecular complexity index is 805. The topological polar surface area (TPSA) is 68.6 Å². The number of aromatic nitrogens is 5. The minimum absolute atomic E-state index is 0.0798. The average Bonchev–Trinajstić information content (AvgIpc) is 3.28. The zero-order valence-electron chi connectivity index (χ0n) is 13.9. The van der Waals surface area contributed by atoms with Crippen LogP contribution in [0.15, 0.2) is 29.9 Å². The zero-order valence-corrected chi connectivity index (χ0v) is 14.7. The largest absolute Gasteiger partial charge is 0.376 e. The fourth-order valence-corrected chi connectivity index (χ4v) is 4.06. The molecular weight excluding hydrogens is 322 g/mol. The molecule has 1 saturated heterocycles. The predicted molar refractivity (Wildman–Crippen MR) is 93.0 cm³/mol. The second kappa shape index (κ2) is 6.14. The molecule has 3 aromatic heterocycles. The summed E-state index contributed by atoms with van der Waals surface area (Å²) in [6, 6.07) is 4.14. The van der Waals surface area contributed by atoms with Gasteiger partial charge in [-0.15, -0.1) is 16.4 Å². The molecule has 0 aromatic carbocycles. The number of rotatable bonds is 4. The van der Waals surface area contributed by atoms with E-state index in [1.165, 1.54) is 4.88 Å². The van der Waals surface area contributed by atoms with Crippen LogP contribution in [0.1, 0.15) is 43.9 Å². The number of hydrogen-bond acceptors (Lipinski definition) is 5. The number of thiophene rings is 1. The molecule has 126 valence electrons. The summed E-state index contributed by atoms with van der Waals surface area (Å²) >= 11 is 1.70. The third-order valence-corrected chi connectivity index (χ3v) is 5.38. The van der Waals surface area contributed by atoms with E-state index in [0.29, 0.717) is 12.5 Å². The van der Waals surface area contributed by atoms with Crippen molar-refractivity contribution in [3.63, 3.8) is 0 Å². The third kappa shape index (κ3) is 3.14. The lowest BCUT2D eigenvalue weighted by Gasteiger charge is -2.34. The van der Waals surface area contributed by atoms with Gasteiger partial charge in [0.15, 0.2) is 0 Å². The normalized spacial score (nSPS) is 20.3. The lowest BCUT2D eigenvalue weighted by atomic mass is 9.86. The summed E-state index contributed by atoms with van der Waals surface area (Å²) in [6.45, 7) is 5.74. The number of nitrogens with zero attached hydrogens (tertiary/aromatic N) is 4. The van der Waals surface area contributed by atoms with E-state index in [0.717, 1.165) is 36.4 Å². The molecule has 4 rings (SSSR count). The van der Waals surface area contributed by atoms with Crippen LogP contribution >= 0.6 is 11.3 Å². The summed E-state index contributed by atoms with van der Waals surface area (Å²) in [4.78, 5) is 1.19. The first-order chi connectivity index (χ1) is 11.6. The molecule has 4 heterocycles. The molecule has 0 aliphatic carbocycles. The summed E-state index contributed by atoms with van der Waals surface area (Å²) in [5, 5.41) is 18.1. The van der Waals surface area contributed by atoms with Crippen molar-refractivity contribution in [2.75, 3.05) is 6.61 Å². The van der Waals surface area contributed by atoms with Gasteiger partial charge in [0.05, 0.1) is 34.6 Å². The van der Waals surface area contributed by atoms with Gasteiger partial charge in [0.1, 0.15) is 0 Å². The number of hydrogen-bond donors (Lipinski definition) is 1. The van der Waals surface area contributed by atoms with E-state index in [1.54, 1.807) is 11.3 Å². The van der Waals surface area contributed by atoms with Gasteiger partial charge in [0, 0.05) is 24.3 Å². The maximum absolute atomic E-state index is 5.80. The van der Waals surface area contributed by atoms with E-state index in [4.69, 9.17) is 4.74 Å². The van der Waals surface area contributed by atoms with Crippen LogP contribution in [0.4, 0.5) is 0 Å². The SMILES string of the molecule is CC1(C)C[C@@H](c2cn(Cc3cn[nH]c3-c3cccs3)nn2)CCO1. The highest BCUT2D eigenvalue weighted by molar-refractivity contribution is 7.13. The van der Waals surface area contributed by atoms with Gasteiger partial charge in [-0.2, -0.15) is 5.10 Å². The van der Waals surface area contributed by atoms with Crippen LogP contribution in [0.2, 0.25) is 0 Å². The smallest absolute Gasteiger partial charge is 0.0860 e. The summed E-state index contributed by atoms with van der Waals surface area (Å²) < 4.78 is 7.70. The highest BCUT2D eigenvalue weighted by Gasteiger charge is 2.31. The molecule has 7 heteroatoms. The van der Waals surface area contributed by atoms with Crippen molar-refractivity contribution in [3.8, 4) is 10.6 Å². The van der Waals surface area contributed by atoms with Gasteiger partial charge in [0.25, 0.3) is 0 Å². The zero-order chi connectivity index (χ0) is 16.6. The Hall–Kier alpha value is -1.99. The van der Waals surface area contributed by atoms with Crippen LogP contribution in [0, 0.1) is 0 Å². The number of nitrogens with one attached hydrogen (secondary N) is 1. The van der Waals surface area contributed by atoms with E-state index in [1.807, 2.05) is 16.9 Å². The molecule has 0 amide bonds. The lowest BCUT2D eigenvalue weighted by Crippen LogP contribution is -2.33. The average molecular weight is 343 g/mol. The molecular formula is C17H21N5OS. The van der Waals surface area contributed by atoms with E-state index < -0.39 is 0 Å². The van der Waals surface area contributed by atoms with Crippen molar-refractivity contribution >= 4 is 11.3 Å². The van der Waals surface area contributed by atoms with Gasteiger partial charge in [-0.05, 0) is 38.1 Å². The Kier molecular flexibility index (Phi) is 3.97. The van der Waals surface area contributed by atoms with Crippen molar-refractivity contribution in [1.29, 1.82) is 0 Å². The van der Waals surface area contributed by atoms with Crippen LogP contribution in [0.25, 0.3) is 10.6 Å². The van der Waals surface area contributed by atoms with Crippen molar-refractivity contribution in [3.05, 3.63) is 41.2 Å². The minimum atomic E-state index is -0.0798. The fraction of sp³-hybridized carbons (Fsp3) is 0.471. The molecule has 1 N–H and O–H groups in total. The van der Waals surface area contributed by atoms with Crippen LogP contribution in [-0.2, 0) is 11.3 Å². The van der Waals surface area contributed by atoms with Crippen molar-refractivity contribution in [2.24, 2.45) is 0 Å². The van der Waals surface area contributed by atoms with Gasteiger partial charge in [-0.3, -0.25) is 5.10 Å². The second-order valence-electron chi connectivity index (χ2n) is 6.89. The molecule has 1 aliphatic rings. The molecule has 0 unspecified atom stereocenters. The van der Waals surface area contributed by atoms with Crippen LogP contribution in [-0.4, -0.2) is 37.4 Å². The van der Waals surface area contributed by atoms with E-state index >= 15 is 0 Å². The van der Waals surface area contributed by atoms with E-state index in [2.05, 4.69) is 52.0 Å². The molecule has 3 aromatic rings. The first-order valence-corrected chi connectivity index (χ1v) is 9.09. The highest BCUT2D eigenvalue weighted by atomic mass is 32.1. The Labute approximate surface area is 144 Å². The second-order valence-corrected chi connectivity index (χ2v) is 7.83. The molecule has 0 saturated carbocycles. The molecule has 0 radical (unpaired) electrons. The molecule has 0 spiro atoms. The first kappa shape index (κ1) is 15.5. The maximum atomic E-state index is 5.80. The van der Waals surface area contributed by atoms with E-state index in [9.17, 15) is 0 Å². The Morgan fingerprint density at radius 1 is 1.46 bits per heavy atom. The third-order valence-electron chi connectivity index (χ3n) is 4.49. The van der Waals surface area contributed by atoms with Gasteiger partial charge in [0.2, 0.25) is 0 Å². The minimum Gasteiger partial charge on any atom is -0.376 e. The number of H-pyrrole nitrogens is 1. The number of ether oxygens (including phenoxy) is 1. The van der Waals surface area contributed by atoms with Crippen molar-refractivity contribution < 1.29 is 4.74 Å². The summed E-state index contributed by atoms with van der Waals surface area (Å²) in [5.41, 5.74) is 3.17. The number of aromatic amines is 1. The molecule has 1 aliphatic heterocycles. The predicted octanol–water partition coefficient (Wildman–Crippen LogP) is 3.45. The van der Waals surface area contributed by atoms with Crippen LogP contribution in [0.5, 0.6) is 0 Å². The van der Waals surface area contributed by atoms with Crippen molar-refractivity contribution in [2.45, 2.75) is 44.8 Å². The quantitative estimate of drug-likeness (QED) is 0.788. The summed E-state index contributed by atoms with van der Waals surface area (Å²) in [6.07, 6.45) is 5.93. The summed E-state index contributed by atoms with van der Waals surface area (Å²) in [5.74, 6) is 0.420. The highest BCUT2D eigenvalue weighted by Crippen LogP contribution is 2.34. The van der Waals surface area contributed by atoms with Crippen LogP contribution in [0.3, 0.4) is 0 Å². The molecule has 6 nitrogen and oxygen atoms in total. The van der Waals surface area contributed by atoms with Crippen molar-refractivity contribution in [1.82, 2.24) is 25.2 Å². The first-order valence-electron chi connectivity index (χ1n) is 8.21. The maximum Gasteiger partial charge on any atom is 0.0860 e. The molecule has 24 heavy (non-hydrogen) atoms. The van der Waals surface area contributed by atoms with Crippen LogP contribution < -0.4 is 0 Å². The molecule has 1 atom stereocenters. The Balaban J connectivity index is 1.51. The van der Waals surface area contributed by atoms with Gasteiger partial charge in [-0.25, -0.2) is 4.68 Å². The Morgan fingerprint density at radius 3 is 3.17 bits per heavy atom. The lowest BCUT2D eigenvalue weighted by molar-refractivity contribution is -0.0597. The van der Waals surface area contributed by atoms with Gasteiger partial charge < -0.3 is 4.74 Å². The molecule has 1 fully saturated rings. The molecule has 0 bridgehead atoms. The van der Waals surface area contributed by atoms with Gasteiger partial charge >= 0.3 is 0 Å². The standard InChI is InChI=1S/C17H21N5OS/c1-17(2)8-12(5-6-23-17)14-11-22(21-19-14)10-13-9-18-20-16(13)15-4-3-7-24-15/h3-4,7,9,11-12H,5-6,8,10H2,1-2H3,(H,18,20)/t12-/m0/s1. The monoisotopic (exact) mass is 343 g/mol. The Morgan fingerprint density at radius 2 is 2.38 bits per heavy atom. The van der Waals surface area contributed by atoms with E-state index in [-0.39, 0.29) is 5.60 Å². The summed E-state index contributed by atoms with van der Waals surface area (Å²) in [7, 11) is 0. The fourth-order valence-electron chi connectivity index (χ4n) is 3.30. The van der Waals surface area contributed by atoms with Gasteiger partial charge in [-0.1, -0.05) is 11.3 Å².